The van der Waals surface area contributed by atoms with E-state index in [-0.39, 0.29) is 12.3 Å². The Hall–Kier alpha value is -2.67. The summed E-state index contributed by atoms with van der Waals surface area (Å²) in [7, 11) is -3.23. The minimum Gasteiger partial charge on any atom is -0.480 e. The van der Waals surface area contributed by atoms with Crippen LogP contribution in [0.5, 0.6) is 0 Å². The van der Waals surface area contributed by atoms with Gasteiger partial charge in [-0.15, -0.1) is 0 Å². The molecule has 1 aliphatic rings. The Morgan fingerprint density at radius 3 is 2.78 bits per heavy atom. The SMILES string of the molecule is Cc1c(Cc2cccc3c2CCS3(=O)=O)c2cc(F)ccc2n1CC(=O)O. The summed E-state index contributed by atoms with van der Waals surface area (Å²) in [5, 5.41) is 9.89. The lowest BCUT2D eigenvalue weighted by molar-refractivity contribution is -0.137. The van der Waals surface area contributed by atoms with Crippen molar-refractivity contribution < 1.29 is 22.7 Å². The van der Waals surface area contributed by atoms with Gasteiger partial charge in [-0.05, 0) is 54.3 Å². The first kappa shape index (κ1) is 17.7. The molecule has 0 saturated heterocycles. The smallest absolute Gasteiger partial charge is 0.323 e. The maximum atomic E-state index is 13.9. The van der Waals surface area contributed by atoms with Crippen LogP contribution in [0.1, 0.15) is 22.4 Å². The Kier molecular flexibility index (Phi) is 4.07. The number of aromatic nitrogens is 1. The molecule has 2 aromatic carbocycles. The first-order valence-electron chi connectivity index (χ1n) is 8.60. The van der Waals surface area contributed by atoms with Crippen LogP contribution in [0.4, 0.5) is 4.39 Å². The lowest BCUT2D eigenvalue weighted by atomic mass is 9.96. The van der Waals surface area contributed by atoms with Crippen molar-refractivity contribution in [1.29, 1.82) is 0 Å². The minimum atomic E-state index is -3.23. The van der Waals surface area contributed by atoms with Crippen molar-refractivity contribution in [3.8, 4) is 0 Å². The van der Waals surface area contributed by atoms with Gasteiger partial charge in [0.1, 0.15) is 12.4 Å². The second kappa shape index (κ2) is 6.20. The topological polar surface area (TPSA) is 76.4 Å². The van der Waals surface area contributed by atoms with E-state index in [9.17, 15) is 22.7 Å². The van der Waals surface area contributed by atoms with Crippen LogP contribution >= 0.6 is 0 Å². The Morgan fingerprint density at radius 1 is 1.26 bits per heavy atom. The van der Waals surface area contributed by atoms with Crippen LogP contribution in [0.2, 0.25) is 0 Å². The number of carboxylic acids is 1. The number of hydrogen-bond acceptors (Lipinski definition) is 3. The standard InChI is InChI=1S/C20H18FNO4S/c1-12-16(9-13-3-2-4-19-15(13)7-8-27(19,25)26)17-10-14(21)5-6-18(17)22(12)11-20(23)24/h2-6,10H,7-9,11H2,1H3,(H,23,24). The molecular formula is C20H18FNO4S. The first-order chi connectivity index (χ1) is 12.8. The van der Waals surface area contributed by atoms with E-state index < -0.39 is 21.6 Å². The molecule has 0 bridgehead atoms. The van der Waals surface area contributed by atoms with Gasteiger partial charge in [0, 0.05) is 23.0 Å². The summed E-state index contributed by atoms with van der Waals surface area (Å²) >= 11 is 0. The number of rotatable bonds is 4. The molecule has 0 aliphatic carbocycles. The molecule has 1 aliphatic heterocycles. The number of benzene rings is 2. The van der Waals surface area contributed by atoms with Gasteiger partial charge in [0.15, 0.2) is 9.84 Å². The molecule has 0 fully saturated rings. The molecule has 2 heterocycles. The molecule has 1 N–H and O–H groups in total. The third kappa shape index (κ3) is 2.92. The van der Waals surface area contributed by atoms with Crippen LogP contribution in [0.15, 0.2) is 41.3 Å². The molecule has 0 radical (unpaired) electrons. The lowest BCUT2D eigenvalue weighted by Crippen LogP contribution is -2.10. The first-order valence-corrected chi connectivity index (χ1v) is 10.3. The van der Waals surface area contributed by atoms with Gasteiger partial charge in [-0.1, -0.05) is 12.1 Å². The van der Waals surface area contributed by atoms with Crippen LogP contribution in [0.25, 0.3) is 10.9 Å². The molecule has 27 heavy (non-hydrogen) atoms. The van der Waals surface area contributed by atoms with Crippen molar-refractivity contribution in [3.05, 3.63) is 64.6 Å². The summed E-state index contributed by atoms with van der Waals surface area (Å²) in [5.74, 6) is -1.26. The average Bonchev–Trinajstić information content (AvgIpc) is 3.04. The third-order valence-electron chi connectivity index (χ3n) is 5.26. The maximum absolute atomic E-state index is 13.9. The van der Waals surface area contributed by atoms with Crippen LogP contribution < -0.4 is 0 Å². The van der Waals surface area contributed by atoms with E-state index in [1.165, 1.54) is 12.1 Å². The van der Waals surface area contributed by atoms with Gasteiger partial charge < -0.3 is 9.67 Å². The van der Waals surface area contributed by atoms with Gasteiger partial charge in [-0.25, -0.2) is 12.8 Å². The summed E-state index contributed by atoms with van der Waals surface area (Å²) in [6.45, 7) is 1.60. The molecule has 0 saturated carbocycles. The number of carbonyl (C=O) groups is 1. The Morgan fingerprint density at radius 2 is 2.04 bits per heavy atom. The van der Waals surface area contributed by atoms with Crippen LogP contribution in [0, 0.1) is 12.7 Å². The molecule has 5 nitrogen and oxygen atoms in total. The fourth-order valence-electron chi connectivity index (χ4n) is 3.97. The summed E-state index contributed by atoms with van der Waals surface area (Å²) < 4.78 is 39.9. The van der Waals surface area contributed by atoms with E-state index in [0.717, 1.165) is 22.4 Å². The summed E-state index contributed by atoms with van der Waals surface area (Å²) in [6, 6.07) is 9.56. The predicted octanol–water partition coefficient (Wildman–Crippen LogP) is 3.09. The number of hydrogen-bond donors (Lipinski definition) is 1. The number of fused-ring (bicyclic) bond motifs is 2. The predicted molar refractivity (Wildman–Crippen MR) is 99.3 cm³/mol. The highest BCUT2D eigenvalue weighted by molar-refractivity contribution is 7.91. The van der Waals surface area contributed by atoms with Crippen LogP contribution in [-0.4, -0.2) is 29.8 Å². The zero-order valence-electron chi connectivity index (χ0n) is 14.7. The van der Waals surface area contributed by atoms with Crippen molar-refractivity contribution in [3.63, 3.8) is 0 Å². The highest BCUT2D eigenvalue weighted by Gasteiger charge is 2.28. The second-order valence-electron chi connectivity index (χ2n) is 6.84. The Labute approximate surface area is 156 Å². The number of halogens is 1. The van der Waals surface area contributed by atoms with Gasteiger partial charge in [-0.3, -0.25) is 4.79 Å². The maximum Gasteiger partial charge on any atom is 0.323 e. The largest absolute Gasteiger partial charge is 0.480 e. The lowest BCUT2D eigenvalue weighted by Gasteiger charge is -2.09. The van der Waals surface area contributed by atoms with E-state index in [0.29, 0.717) is 28.6 Å². The normalized spacial score (nSPS) is 15.2. The molecule has 0 amide bonds. The zero-order valence-corrected chi connectivity index (χ0v) is 15.5. The summed E-state index contributed by atoms with van der Waals surface area (Å²) in [5.41, 5.74) is 3.93. The van der Waals surface area contributed by atoms with Gasteiger partial charge in [0.05, 0.1) is 10.6 Å². The minimum absolute atomic E-state index is 0.105. The molecule has 4 rings (SSSR count). The summed E-state index contributed by atoms with van der Waals surface area (Å²) in [6.07, 6.45) is 0.895. The molecule has 0 spiro atoms. The van der Waals surface area contributed by atoms with Crippen molar-refractivity contribution >= 4 is 26.7 Å². The second-order valence-corrected chi connectivity index (χ2v) is 8.92. The molecule has 1 aromatic heterocycles. The van der Waals surface area contributed by atoms with Gasteiger partial charge in [0.25, 0.3) is 0 Å². The quantitative estimate of drug-likeness (QED) is 0.746. The zero-order chi connectivity index (χ0) is 19.3. The highest BCUT2D eigenvalue weighted by Crippen LogP contribution is 2.33. The van der Waals surface area contributed by atoms with Gasteiger partial charge in [0.2, 0.25) is 0 Å². The fraction of sp³-hybridized carbons (Fsp3) is 0.250. The van der Waals surface area contributed by atoms with Gasteiger partial charge in [-0.2, -0.15) is 0 Å². The number of aliphatic carboxylic acids is 1. The van der Waals surface area contributed by atoms with Crippen molar-refractivity contribution in [2.24, 2.45) is 0 Å². The summed E-state index contributed by atoms with van der Waals surface area (Å²) in [4.78, 5) is 11.6. The molecule has 7 heteroatoms. The Bertz CT molecular complexity index is 1190. The van der Waals surface area contributed by atoms with Crippen LogP contribution in [0.3, 0.4) is 0 Å². The highest BCUT2D eigenvalue weighted by atomic mass is 32.2. The molecule has 3 aromatic rings. The van der Waals surface area contributed by atoms with E-state index in [1.54, 1.807) is 22.8 Å². The van der Waals surface area contributed by atoms with Gasteiger partial charge >= 0.3 is 5.97 Å². The molecular weight excluding hydrogens is 369 g/mol. The van der Waals surface area contributed by atoms with Crippen LogP contribution in [-0.2, 0) is 34.0 Å². The Balaban J connectivity index is 1.89. The number of sulfone groups is 1. The molecule has 0 atom stereocenters. The van der Waals surface area contributed by atoms with E-state index in [1.807, 2.05) is 13.0 Å². The molecule has 0 unspecified atom stereocenters. The number of nitrogens with zero attached hydrogens (tertiary/aromatic N) is 1. The molecule has 140 valence electrons. The van der Waals surface area contributed by atoms with Crippen molar-refractivity contribution in [2.45, 2.75) is 31.2 Å². The van der Waals surface area contributed by atoms with E-state index >= 15 is 0 Å². The monoisotopic (exact) mass is 387 g/mol. The fourth-order valence-corrected chi connectivity index (χ4v) is 5.56. The average molecular weight is 387 g/mol. The van der Waals surface area contributed by atoms with Crippen molar-refractivity contribution in [2.75, 3.05) is 5.75 Å². The van der Waals surface area contributed by atoms with E-state index in [2.05, 4.69) is 0 Å². The third-order valence-corrected chi connectivity index (χ3v) is 7.06. The van der Waals surface area contributed by atoms with Crippen molar-refractivity contribution in [1.82, 2.24) is 4.57 Å². The number of carboxylic acid groups (broad SMARTS) is 1. The van der Waals surface area contributed by atoms with E-state index in [4.69, 9.17) is 0 Å².